The highest BCUT2D eigenvalue weighted by Crippen LogP contribution is 2.21. The maximum atomic E-state index is 11.8. The highest BCUT2D eigenvalue weighted by molar-refractivity contribution is 6.19. The van der Waals surface area contributed by atoms with E-state index in [1.54, 1.807) is 0 Å². The largest absolute Gasteiger partial charge is 0.393 e. The fourth-order valence-corrected chi connectivity index (χ4v) is 1.86. The van der Waals surface area contributed by atoms with Crippen molar-refractivity contribution >= 4 is 17.5 Å². The first-order chi connectivity index (χ1) is 6.95. The number of amides is 1. The Morgan fingerprint density at radius 3 is 2.73 bits per heavy atom. The normalized spacial score (nSPS) is 27.5. The third-order valence-electron chi connectivity index (χ3n) is 2.93. The van der Waals surface area contributed by atoms with Crippen LogP contribution < -0.4 is 5.32 Å². The summed E-state index contributed by atoms with van der Waals surface area (Å²) < 4.78 is 0. The van der Waals surface area contributed by atoms with Crippen LogP contribution >= 0.6 is 11.6 Å². The first-order valence-electron chi connectivity index (χ1n) is 5.50. The van der Waals surface area contributed by atoms with Gasteiger partial charge in [0.1, 0.15) is 0 Å². The smallest absolute Gasteiger partial charge is 0.227 e. The molecule has 1 aliphatic carbocycles. The minimum Gasteiger partial charge on any atom is -0.393 e. The van der Waals surface area contributed by atoms with E-state index in [1.807, 2.05) is 13.8 Å². The predicted octanol–water partition coefficient (Wildman–Crippen LogP) is 1.67. The Kier molecular flexibility index (Phi) is 4.41. The Morgan fingerprint density at radius 1 is 1.53 bits per heavy atom. The first kappa shape index (κ1) is 12.8. The van der Waals surface area contributed by atoms with Crippen molar-refractivity contribution in [2.24, 2.45) is 5.41 Å². The van der Waals surface area contributed by atoms with Crippen LogP contribution in [0.4, 0.5) is 0 Å². The summed E-state index contributed by atoms with van der Waals surface area (Å²) in [6, 6.07) is 0.115. The van der Waals surface area contributed by atoms with Gasteiger partial charge in [0.15, 0.2) is 0 Å². The van der Waals surface area contributed by atoms with Crippen LogP contribution in [-0.2, 0) is 4.79 Å². The fourth-order valence-electron chi connectivity index (χ4n) is 1.74. The van der Waals surface area contributed by atoms with Crippen LogP contribution in [0.15, 0.2) is 0 Å². The monoisotopic (exact) mass is 233 g/mol. The zero-order valence-corrected chi connectivity index (χ0v) is 10.2. The van der Waals surface area contributed by atoms with Gasteiger partial charge in [-0.15, -0.1) is 11.6 Å². The van der Waals surface area contributed by atoms with Gasteiger partial charge in [0.25, 0.3) is 0 Å². The van der Waals surface area contributed by atoms with Crippen molar-refractivity contribution in [2.45, 2.75) is 51.7 Å². The van der Waals surface area contributed by atoms with Gasteiger partial charge >= 0.3 is 0 Å². The molecule has 88 valence electrons. The van der Waals surface area contributed by atoms with Gasteiger partial charge < -0.3 is 10.4 Å². The molecule has 0 radical (unpaired) electrons. The molecule has 0 saturated heterocycles. The van der Waals surface area contributed by atoms with Gasteiger partial charge in [-0.2, -0.15) is 0 Å². The average molecular weight is 234 g/mol. The first-order valence-corrected chi connectivity index (χ1v) is 6.04. The van der Waals surface area contributed by atoms with Gasteiger partial charge in [0, 0.05) is 11.9 Å². The lowest BCUT2D eigenvalue weighted by molar-refractivity contribution is -0.129. The summed E-state index contributed by atoms with van der Waals surface area (Å²) in [4.78, 5) is 11.8. The number of hydrogen-bond donors (Lipinski definition) is 2. The molecule has 1 saturated carbocycles. The standard InChI is InChI=1S/C11H20ClNO2/c1-11(2,7-12)10(15)13-8-4-3-5-9(14)6-8/h8-9,14H,3-7H2,1-2H3,(H,13,15). The Bertz CT molecular complexity index is 231. The van der Waals surface area contributed by atoms with Crippen LogP contribution in [0.2, 0.25) is 0 Å². The van der Waals surface area contributed by atoms with Gasteiger partial charge in [-0.3, -0.25) is 4.79 Å². The van der Waals surface area contributed by atoms with E-state index < -0.39 is 5.41 Å². The lowest BCUT2D eigenvalue weighted by Gasteiger charge is -2.30. The van der Waals surface area contributed by atoms with E-state index in [0.29, 0.717) is 12.3 Å². The SMILES string of the molecule is CC(C)(CCl)C(=O)NC1CCCC(O)C1. The number of halogens is 1. The molecule has 15 heavy (non-hydrogen) atoms. The predicted molar refractivity (Wildman–Crippen MR) is 60.9 cm³/mol. The van der Waals surface area contributed by atoms with Crippen molar-refractivity contribution in [1.82, 2.24) is 5.32 Å². The number of rotatable bonds is 3. The molecule has 1 fully saturated rings. The van der Waals surface area contributed by atoms with E-state index in [4.69, 9.17) is 11.6 Å². The second-order valence-electron chi connectivity index (χ2n) is 5.01. The second kappa shape index (κ2) is 5.17. The number of alkyl halides is 1. The zero-order valence-electron chi connectivity index (χ0n) is 9.42. The molecule has 3 nitrogen and oxygen atoms in total. The molecule has 1 amide bonds. The second-order valence-corrected chi connectivity index (χ2v) is 5.28. The molecule has 4 heteroatoms. The lowest BCUT2D eigenvalue weighted by atomic mass is 9.90. The Labute approximate surface area is 96.2 Å². The number of aliphatic hydroxyl groups excluding tert-OH is 1. The molecule has 0 spiro atoms. The third kappa shape index (κ3) is 3.65. The third-order valence-corrected chi connectivity index (χ3v) is 3.60. The van der Waals surface area contributed by atoms with Crippen LogP contribution in [-0.4, -0.2) is 29.0 Å². The number of hydrogen-bond acceptors (Lipinski definition) is 2. The van der Waals surface area contributed by atoms with Crippen LogP contribution in [0.5, 0.6) is 0 Å². The van der Waals surface area contributed by atoms with Crippen molar-refractivity contribution in [1.29, 1.82) is 0 Å². The minimum atomic E-state index is -0.524. The van der Waals surface area contributed by atoms with E-state index in [1.165, 1.54) is 0 Å². The molecule has 0 aromatic rings. The van der Waals surface area contributed by atoms with Gasteiger partial charge in [-0.05, 0) is 39.5 Å². The molecular weight excluding hydrogens is 214 g/mol. The van der Waals surface area contributed by atoms with Crippen LogP contribution in [0.3, 0.4) is 0 Å². The van der Waals surface area contributed by atoms with Gasteiger partial charge in [0.2, 0.25) is 5.91 Å². The molecular formula is C11H20ClNO2. The van der Waals surface area contributed by atoms with Gasteiger partial charge in [-0.1, -0.05) is 0 Å². The van der Waals surface area contributed by atoms with Crippen LogP contribution in [0.25, 0.3) is 0 Å². The molecule has 0 bridgehead atoms. The number of nitrogens with one attached hydrogen (secondary N) is 1. The molecule has 2 atom stereocenters. The number of carbonyl (C=O) groups excluding carboxylic acids is 1. The maximum Gasteiger partial charge on any atom is 0.227 e. The fraction of sp³-hybridized carbons (Fsp3) is 0.909. The molecule has 2 unspecified atom stereocenters. The number of carbonyl (C=O) groups is 1. The van der Waals surface area contributed by atoms with E-state index in [-0.39, 0.29) is 18.1 Å². The molecule has 2 N–H and O–H groups in total. The summed E-state index contributed by atoms with van der Waals surface area (Å²) in [5, 5.41) is 12.4. The van der Waals surface area contributed by atoms with Gasteiger partial charge in [-0.25, -0.2) is 0 Å². The molecule has 0 aromatic carbocycles. The minimum absolute atomic E-state index is 0.0170. The molecule has 0 aliphatic heterocycles. The molecule has 0 aromatic heterocycles. The molecule has 0 heterocycles. The molecule has 1 rings (SSSR count). The Balaban J connectivity index is 2.44. The quantitative estimate of drug-likeness (QED) is 0.729. The summed E-state index contributed by atoms with van der Waals surface area (Å²) in [6.07, 6.45) is 3.20. The summed E-state index contributed by atoms with van der Waals surface area (Å²) >= 11 is 5.72. The topological polar surface area (TPSA) is 49.3 Å². The van der Waals surface area contributed by atoms with Crippen molar-refractivity contribution in [3.05, 3.63) is 0 Å². The van der Waals surface area contributed by atoms with E-state index >= 15 is 0 Å². The van der Waals surface area contributed by atoms with Gasteiger partial charge in [0.05, 0.1) is 11.5 Å². The highest BCUT2D eigenvalue weighted by atomic mass is 35.5. The molecule has 1 aliphatic rings. The maximum absolute atomic E-state index is 11.8. The summed E-state index contributed by atoms with van der Waals surface area (Å²) in [5.74, 6) is 0.297. The lowest BCUT2D eigenvalue weighted by Crippen LogP contribution is -2.46. The summed E-state index contributed by atoms with van der Waals surface area (Å²) in [6.45, 7) is 3.66. The van der Waals surface area contributed by atoms with Crippen molar-refractivity contribution in [2.75, 3.05) is 5.88 Å². The van der Waals surface area contributed by atoms with E-state index in [0.717, 1.165) is 19.3 Å². The van der Waals surface area contributed by atoms with Crippen LogP contribution in [0, 0.1) is 5.41 Å². The Morgan fingerprint density at radius 2 is 2.20 bits per heavy atom. The number of aliphatic hydroxyl groups is 1. The Hall–Kier alpha value is -0.280. The average Bonchev–Trinajstić information content (AvgIpc) is 2.17. The van der Waals surface area contributed by atoms with E-state index in [2.05, 4.69) is 5.32 Å². The zero-order chi connectivity index (χ0) is 11.5. The van der Waals surface area contributed by atoms with E-state index in [9.17, 15) is 9.90 Å². The van der Waals surface area contributed by atoms with Crippen LogP contribution in [0.1, 0.15) is 39.5 Å². The summed E-state index contributed by atoms with van der Waals surface area (Å²) in [5.41, 5.74) is -0.524. The van der Waals surface area contributed by atoms with Crippen molar-refractivity contribution < 1.29 is 9.90 Å². The summed E-state index contributed by atoms with van der Waals surface area (Å²) in [7, 11) is 0. The highest BCUT2D eigenvalue weighted by Gasteiger charge is 2.30. The van der Waals surface area contributed by atoms with Crippen molar-refractivity contribution in [3.8, 4) is 0 Å². The van der Waals surface area contributed by atoms with Crippen molar-refractivity contribution in [3.63, 3.8) is 0 Å².